The highest BCUT2D eigenvalue weighted by atomic mass is 13.9. The van der Waals surface area contributed by atoms with Gasteiger partial charge in [0.25, 0.3) is 0 Å². The van der Waals surface area contributed by atoms with Gasteiger partial charge in [-0.2, -0.15) is 0 Å². The maximum Gasteiger partial charge on any atom is -0.0257 e. The fourth-order valence-corrected chi connectivity index (χ4v) is 1.48. The average Bonchev–Trinajstić information content (AvgIpc) is 2.29. The van der Waals surface area contributed by atoms with Crippen LogP contribution in [0.3, 0.4) is 0 Å². The summed E-state index contributed by atoms with van der Waals surface area (Å²) in [5.41, 5.74) is 3.70. The summed E-state index contributed by atoms with van der Waals surface area (Å²) in [5, 5.41) is 0. The molecular formula is C17H20. The van der Waals surface area contributed by atoms with E-state index in [4.69, 9.17) is 0 Å². The van der Waals surface area contributed by atoms with Crippen LogP contribution in [0.15, 0.2) is 83.6 Å². The molecule has 0 heterocycles. The van der Waals surface area contributed by atoms with Crippen molar-refractivity contribution in [1.29, 1.82) is 0 Å². The summed E-state index contributed by atoms with van der Waals surface area (Å²) < 4.78 is 0. The van der Waals surface area contributed by atoms with Crippen LogP contribution in [-0.4, -0.2) is 0 Å². The van der Waals surface area contributed by atoms with E-state index < -0.39 is 0 Å². The van der Waals surface area contributed by atoms with Gasteiger partial charge in [0.05, 0.1) is 0 Å². The third-order valence-electron chi connectivity index (χ3n) is 2.34. The lowest BCUT2D eigenvalue weighted by molar-refractivity contribution is 1.46. The SMILES string of the molecule is C\C=C/C1=C\C=C(C)/C=C\C=C\C=C/C(C)=C\1. The summed E-state index contributed by atoms with van der Waals surface area (Å²) in [4.78, 5) is 0. The predicted molar refractivity (Wildman–Crippen MR) is 77.8 cm³/mol. The van der Waals surface area contributed by atoms with E-state index >= 15 is 0 Å². The summed E-state index contributed by atoms with van der Waals surface area (Å²) in [6.45, 7) is 6.25. The van der Waals surface area contributed by atoms with Gasteiger partial charge in [0, 0.05) is 0 Å². The van der Waals surface area contributed by atoms with Crippen molar-refractivity contribution in [3.8, 4) is 0 Å². The van der Waals surface area contributed by atoms with Gasteiger partial charge in [-0.25, -0.2) is 0 Å². The Morgan fingerprint density at radius 1 is 0.824 bits per heavy atom. The molecule has 0 heteroatoms. The molecule has 0 aromatic carbocycles. The van der Waals surface area contributed by atoms with Gasteiger partial charge in [0.2, 0.25) is 0 Å². The molecular weight excluding hydrogens is 204 g/mol. The monoisotopic (exact) mass is 224 g/mol. The van der Waals surface area contributed by atoms with Crippen LogP contribution in [0, 0.1) is 0 Å². The minimum Gasteiger partial charge on any atom is -0.0871 e. The molecule has 1 aliphatic carbocycles. The molecule has 0 saturated carbocycles. The van der Waals surface area contributed by atoms with Gasteiger partial charge in [-0.3, -0.25) is 0 Å². The van der Waals surface area contributed by atoms with E-state index in [1.807, 2.05) is 19.1 Å². The minimum atomic E-state index is 1.21. The lowest BCUT2D eigenvalue weighted by atomic mass is 10.1. The first kappa shape index (κ1) is 13.2. The Kier molecular flexibility index (Phi) is 5.81. The second-order valence-electron chi connectivity index (χ2n) is 4.07. The average molecular weight is 224 g/mol. The molecule has 0 bridgehead atoms. The minimum absolute atomic E-state index is 1.21. The van der Waals surface area contributed by atoms with Crippen LogP contribution in [0.5, 0.6) is 0 Å². The highest BCUT2D eigenvalue weighted by molar-refractivity contribution is 5.41. The van der Waals surface area contributed by atoms with Crippen molar-refractivity contribution >= 4 is 0 Å². The second-order valence-corrected chi connectivity index (χ2v) is 4.07. The lowest BCUT2D eigenvalue weighted by Crippen LogP contribution is -1.76. The molecule has 0 spiro atoms. The fraction of sp³-hybridized carbons (Fsp3) is 0.176. The van der Waals surface area contributed by atoms with E-state index in [1.165, 1.54) is 16.7 Å². The molecule has 88 valence electrons. The van der Waals surface area contributed by atoms with Crippen LogP contribution in [0.2, 0.25) is 0 Å². The van der Waals surface area contributed by atoms with Crippen molar-refractivity contribution in [2.75, 3.05) is 0 Å². The first-order valence-electron chi connectivity index (χ1n) is 5.93. The van der Waals surface area contributed by atoms with Crippen LogP contribution >= 0.6 is 0 Å². The zero-order chi connectivity index (χ0) is 12.5. The van der Waals surface area contributed by atoms with Crippen LogP contribution in [-0.2, 0) is 0 Å². The number of hydrogen-bond acceptors (Lipinski definition) is 0. The van der Waals surface area contributed by atoms with Crippen LogP contribution < -0.4 is 0 Å². The van der Waals surface area contributed by atoms with Gasteiger partial charge in [-0.1, -0.05) is 78.0 Å². The summed E-state index contributed by atoms with van der Waals surface area (Å²) in [6.07, 6.45) is 23.0. The van der Waals surface area contributed by atoms with E-state index in [0.29, 0.717) is 0 Å². The van der Waals surface area contributed by atoms with Crippen molar-refractivity contribution in [2.24, 2.45) is 0 Å². The summed E-state index contributed by atoms with van der Waals surface area (Å²) in [5.74, 6) is 0. The molecule has 0 saturated heterocycles. The first-order chi connectivity index (χ1) is 8.22. The first-order valence-corrected chi connectivity index (χ1v) is 5.93. The quantitative estimate of drug-likeness (QED) is 0.583. The normalized spacial score (nSPS) is 32.1. The molecule has 0 radical (unpaired) electrons. The van der Waals surface area contributed by atoms with Crippen molar-refractivity contribution in [2.45, 2.75) is 20.8 Å². The van der Waals surface area contributed by atoms with Gasteiger partial charge in [-0.15, -0.1) is 0 Å². The Bertz CT molecular complexity index is 446. The number of hydrogen-bond donors (Lipinski definition) is 0. The third-order valence-corrected chi connectivity index (χ3v) is 2.34. The zero-order valence-corrected chi connectivity index (χ0v) is 10.9. The molecule has 0 aromatic rings. The van der Waals surface area contributed by atoms with Crippen LogP contribution in [0.4, 0.5) is 0 Å². The standard InChI is InChI=1S/C17H20/c1-4-9-17-13-12-15(2)10-7-5-6-8-11-16(3)14-17/h4-14H,1-3H3/b6-5+,7-5?,8-6?,9-4-,10-7-,11-8-,13-12?,15-10?,15-12-,16-11?,16-14-,17-13+,17-14?. The maximum absolute atomic E-state index is 2.18. The summed E-state index contributed by atoms with van der Waals surface area (Å²) in [6, 6.07) is 0. The van der Waals surface area contributed by atoms with E-state index in [1.54, 1.807) is 0 Å². The maximum atomic E-state index is 2.18. The molecule has 1 aliphatic rings. The molecule has 0 N–H and O–H groups in total. The highest BCUT2D eigenvalue weighted by Gasteiger charge is 1.88. The van der Waals surface area contributed by atoms with Crippen molar-refractivity contribution in [3.05, 3.63) is 83.6 Å². The summed E-state index contributed by atoms with van der Waals surface area (Å²) in [7, 11) is 0. The largest absolute Gasteiger partial charge is 0.0871 e. The van der Waals surface area contributed by atoms with Crippen molar-refractivity contribution in [1.82, 2.24) is 0 Å². The van der Waals surface area contributed by atoms with Gasteiger partial charge in [0.1, 0.15) is 0 Å². The number of rotatable bonds is 1. The molecule has 0 aliphatic heterocycles. The van der Waals surface area contributed by atoms with Crippen molar-refractivity contribution < 1.29 is 0 Å². The summed E-state index contributed by atoms with van der Waals surface area (Å²) >= 11 is 0. The Balaban J connectivity index is 3.12. The van der Waals surface area contributed by atoms with Crippen LogP contribution in [0.1, 0.15) is 20.8 Å². The Labute approximate surface area is 105 Å². The predicted octanol–water partition coefficient (Wildman–Crippen LogP) is 5.06. The topological polar surface area (TPSA) is 0 Å². The molecule has 0 nitrogen and oxygen atoms in total. The Morgan fingerprint density at radius 2 is 1.47 bits per heavy atom. The molecule has 0 fully saturated rings. The fourth-order valence-electron chi connectivity index (χ4n) is 1.48. The molecule has 0 amide bonds. The third kappa shape index (κ3) is 5.72. The van der Waals surface area contributed by atoms with E-state index in [2.05, 4.69) is 68.5 Å². The van der Waals surface area contributed by atoms with Gasteiger partial charge < -0.3 is 0 Å². The molecule has 17 heavy (non-hydrogen) atoms. The van der Waals surface area contributed by atoms with Gasteiger partial charge >= 0.3 is 0 Å². The smallest absolute Gasteiger partial charge is 0.0257 e. The Hall–Kier alpha value is -1.82. The van der Waals surface area contributed by atoms with E-state index in [0.717, 1.165) is 0 Å². The number of allylic oxidation sites excluding steroid dienone is 14. The van der Waals surface area contributed by atoms with E-state index in [9.17, 15) is 0 Å². The zero-order valence-electron chi connectivity index (χ0n) is 10.9. The van der Waals surface area contributed by atoms with E-state index in [-0.39, 0.29) is 0 Å². The lowest BCUT2D eigenvalue weighted by Gasteiger charge is -1.97. The van der Waals surface area contributed by atoms with Gasteiger partial charge in [-0.05, 0) is 26.3 Å². The highest BCUT2D eigenvalue weighted by Crippen LogP contribution is 2.08. The Morgan fingerprint density at radius 3 is 2.12 bits per heavy atom. The van der Waals surface area contributed by atoms with Crippen LogP contribution in [0.25, 0.3) is 0 Å². The second kappa shape index (κ2) is 7.45. The van der Waals surface area contributed by atoms with Crippen molar-refractivity contribution in [3.63, 3.8) is 0 Å². The molecule has 0 aromatic heterocycles. The molecule has 0 unspecified atom stereocenters. The molecule has 1 rings (SSSR count). The van der Waals surface area contributed by atoms with Gasteiger partial charge in [0.15, 0.2) is 0 Å². The molecule has 0 atom stereocenters.